The molecular weight excluding hydrogens is 530 g/mol. The number of nitrogens with zero attached hydrogens (tertiary/aromatic N) is 2. The molecule has 0 unspecified atom stereocenters. The van der Waals surface area contributed by atoms with E-state index < -0.39 is 0 Å². The molecule has 8 heteroatoms. The van der Waals surface area contributed by atoms with Crippen molar-refractivity contribution in [1.29, 1.82) is 0 Å². The third-order valence-corrected chi connectivity index (χ3v) is 7.87. The molecule has 8 nitrogen and oxygen atoms in total. The van der Waals surface area contributed by atoms with Crippen LogP contribution in [0.1, 0.15) is 30.5 Å². The molecule has 0 spiro atoms. The lowest BCUT2D eigenvalue weighted by atomic mass is 9.96. The SMILES string of the molecule is COCOc1cccc(-c2cccc(COc3cc(OC)c(CNC(C)(C)CN4CCN(C)CC4)c(OC)c3)c2C)c1. The largest absolute Gasteiger partial charge is 0.496 e. The summed E-state index contributed by atoms with van der Waals surface area (Å²) in [5, 5.41) is 3.73. The fraction of sp³-hybridized carbons (Fsp3) is 0.471. The molecule has 1 saturated heterocycles. The molecule has 0 amide bonds. The van der Waals surface area contributed by atoms with E-state index in [0.717, 1.165) is 77.8 Å². The molecule has 0 aromatic heterocycles. The van der Waals surface area contributed by atoms with Gasteiger partial charge in [-0.25, -0.2) is 0 Å². The minimum Gasteiger partial charge on any atom is -0.496 e. The van der Waals surface area contributed by atoms with E-state index in [-0.39, 0.29) is 12.3 Å². The highest BCUT2D eigenvalue weighted by molar-refractivity contribution is 5.69. The molecule has 3 aromatic rings. The maximum atomic E-state index is 6.30. The van der Waals surface area contributed by atoms with Crippen LogP contribution in [0.15, 0.2) is 54.6 Å². The van der Waals surface area contributed by atoms with Gasteiger partial charge in [-0.05, 0) is 62.2 Å². The lowest BCUT2D eigenvalue weighted by molar-refractivity contribution is 0.0511. The number of hydrogen-bond donors (Lipinski definition) is 1. The van der Waals surface area contributed by atoms with E-state index in [9.17, 15) is 0 Å². The Hall–Kier alpha value is -3.30. The third kappa shape index (κ3) is 8.38. The van der Waals surface area contributed by atoms with Crippen molar-refractivity contribution >= 4 is 0 Å². The second kappa shape index (κ2) is 14.7. The van der Waals surface area contributed by atoms with Gasteiger partial charge >= 0.3 is 0 Å². The van der Waals surface area contributed by atoms with E-state index in [2.05, 4.69) is 67.2 Å². The Balaban J connectivity index is 1.45. The summed E-state index contributed by atoms with van der Waals surface area (Å²) in [6.45, 7) is 13.3. The van der Waals surface area contributed by atoms with E-state index in [1.807, 2.05) is 30.3 Å². The molecule has 1 aliphatic heterocycles. The molecule has 0 aliphatic carbocycles. The second-order valence-corrected chi connectivity index (χ2v) is 11.6. The predicted octanol–water partition coefficient (Wildman–Crippen LogP) is 5.36. The number of methoxy groups -OCH3 is 3. The lowest BCUT2D eigenvalue weighted by Crippen LogP contribution is -2.53. The van der Waals surface area contributed by atoms with Crippen LogP contribution in [-0.4, -0.2) is 83.2 Å². The first kappa shape index (κ1) is 31.6. The number of piperazine rings is 1. The number of nitrogens with one attached hydrogen (secondary N) is 1. The second-order valence-electron chi connectivity index (χ2n) is 11.6. The number of rotatable bonds is 14. The van der Waals surface area contributed by atoms with Crippen LogP contribution < -0.4 is 24.3 Å². The van der Waals surface area contributed by atoms with Crippen LogP contribution in [0.5, 0.6) is 23.0 Å². The molecule has 42 heavy (non-hydrogen) atoms. The van der Waals surface area contributed by atoms with Crippen LogP contribution in [0.25, 0.3) is 11.1 Å². The zero-order chi connectivity index (χ0) is 30.1. The first-order chi connectivity index (χ1) is 20.2. The molecule has 228 valence electrons. The quantitative estimate of drug-likeness (QED) is 0.257. The Kier molecular flexibility index (Phi) is 11.1. The van der Waals surface area contributed by atoms with Gasteiger partial charge in [-0.1, -0.05) is 30.3 Å². The molecule has 0 atom stereocenters. The molecule has 1 fully saturated rings. The van der Waals surface area contributed by atoms with Crippen molar-refractivity contribution in [3.8, 4) is 34.1 Å². The highest BCUT2D eigenvalue weighted by atomic mass is 16.7. The minimum atomic E-state index is -0.0704. The maximum Gasteiger partial charge on any atom is 0.188 e. The average molecular weight is 578 g/mol. The summed E-state index contributed by atoms with van der Waals surface area (Å²) >= 11 is 0. The Morgan fingerprint density at radius 1 is 0.833 bits per heavy atom. The highest BCUT2D eigenvalue weighted by Crippen LogP contribution is 2.35. The van der Waals surface area contributed by atoms with Crippen LogP contribution in [0.4, 0.5) is 0 Å². The molecule has 1 heterocycles. The average Bonchev–Trinajstić information content (AvgIpc) is 2.99. The van der Waals surface area contributed by atoms with Crippen LogP contribution >= 0.6 is 0 Å². The van der Waals surface area contributed by atoms with Gasteiger partial charge in [-0.2, -0.15) is 0 Å². The number of ether oxygens (including phenoxy) is 5. The van der Waals surface area contributed by atoms with Gasteiger partial charge in [-0.3, -0.25) is 4.90 Å². The van der Waals surface area contributed by atoms with Crippen LogP contribution in [0, 0.1) is 6.92 Å². The molecule has 0 radical (unpaired) electrons. The van der Waals surface area contributed by atoms with Gasteiger partial charge < -0.3 is 33.9 Å². The molecule has 0 bridgehead atoms. The minimum absolute atomic E-state index is 0.0704. The summed E-state index contributed by atoms with van der Waals surface area (Å²) in [7, 11) is 7.18. The van der Waals surface area contributed by atoms with E-state index in [4.69, 9.17) is 23.7 Å². The first-order valence-corrected chi connectivity index (χ1v) is 14.6. The first-order valence-electron chi connectivity index (χ1n) is 14.6. The van der Waals surface area contributed by atoms with Crippen LogP contribution in [0.2, 0.25) is 0 Å². The molecular formula is C34H47N3O5. The highest BCUT2D eigenvalue weighted by Gasteiger charge is 2.25. The van der Waals surface area contributed by atoms with E-state index in [0.29, 0.717) is 18.9 Å². The fourth-order valence-corrected chi connectivity index (χ4v) is 5.36. The van der Waals surface area contributed by atoms with Gasteiger partial charge in [0.05, 0.1) is 19.8 Å². The van der Waals surface area contributed by atoms with Crippen molar-refractivity contribution in [2.75, 3.05) is 67.9 Å². The van der Waals surface area contributed by atoms with Gasteiger partial charge in [0.25, 0.3) is 0 Å². The summed E-state index contributed by atoms with van der Waals surface area (Å²) in [5.74, 6) is 2.95. The predicted molar refractivity (Wildman–Crippen MR) is 168 cm³/mol. The monoisotopic (exact) mass is 577 g/mol. The van der Waals surface area contributed by atoms with Crippen LogP contribution in [0.3, 0.4) is 0 Å². The smallest absolute Gasteiger partial charge is 0.188 e. The van der Waals surface area contributed by atoms with Gasteiger partial charge in [0.15, 0.2) is 6.79 Å². The fourth-order valence-electron chi connectivity index (χ4n) is 5.36. The molecule has 3 aromatic carbocycles. The summed E-state index contributed by atoms with van der Waals surface area (Å²) in [6.07, 6.45) is 0. The summed E-state index contributed by atoms with van der Waals surface area (Å²) in [5.41, 5.74) is 5.38. The summed E-state index contributed by atoms with van der Waals surface area (Å²) in [4.78, 5) is 4.91. The third-order valence-electron chi connectivity index (χ3n) is 7.87. The topological polar surface area (TPSA) is 64.7 Å². The Labute approximate surface area is 251 Å². The molecule has 4 rings (SSSR count). The summed E-state index contributed by atoms with van der Waals surface area (Å²) in [6, 6.07) is 18.2. The molecule has 0 saturated carbocycles. The van der Waals surface area contributed by atoms with Crippen molar-refractivity contribution in [3.05, 3.63) is 71.3 Å². The van der Waals surface area contributed by atoms with Crippen LogP contribution in [-0.2, 0) is 17.9 Å². The van der Waals surface area contributed by atoms with E-state index >= 15 is 0 Å². The van der Waals surface area contributed by atoms with Crippen molar-refractivity contribution in [3.63, 3.8) is 0 Å². The van der Waals surface area contributed by atoms with Gasteiger partial charge in [0.2, 0.25) is 0 Å². The van der Waals surface area contributed by atoms with Crippen molar-refractivity contribution in [1.82, 2.24) is 15.1 Å². The summed E-state index contributed by atoms with van der Waals surface area (Å²) < 4.78 is 28.6. The Morgan fingerprint density at radius 2 is 1.52 bits per heavy atom. The number of likely N-dealkylation sites (N-methyl/N-ethyl adjacent to an activating group) is 1. The lowest BCUT2D eigenvalue weighted by Gasteiger charge is -2.38. The number of benzene rings is 3. The van der Waals surface area contributed by atoms with E-state index in [1.165, 1.54) is 0 Å². The van der Waals surface area contributed by atoms with Crippen molar-refractivity contribution < 1.29 is 23.7 Å². The van der Waals surface area contributed by atoms with Gasteiger partial charge in [0.1, 0.15) is 29.6 Å². The number of hydrogen-bond acceptors (Lipinski definition) is 8. The van der Waals surface area contributed by atoms with Gasteiger partial charge in [-0.15, -0.1) is 0 Å². The standard InChI is InChI=1S/C34H47N3O5/c1-25-27(11-9-13-30(25)26-10-8-12-28(18-26)42-24-38-5)22-41-29-19-32(39-6)31(33(20-29)40-7)21-35-34(2,3)23-37-16-14-36(4)15-17-37/h8-13,18-20,35H,14-17,21-24H2,1-7H3. The normalized spacial score (nSPS) is 14.5. The van der Waals surface area contributed by atoms with Gasteiger partial charge in [0, 0.05) is 64.0 Å². The van der Waals surface area contributed by atoms with E-state index in [1.54, 1.807) is 21.3 Å². The van der Waals surface area contributed by atoms with Crippen molar-refractivity contribution in [2.45, 2.75) is 39.5 Å². The molecule has 1 aliphatic rings. The maximum absolute atomic E-state index is 6.30. The molecule has 1 N–H and O–H groups in total. The zero-order valence-corrected chi connectivity index (χ0v) is 26.3. The zero-order valence-electron chi connectivity index (χ0n) is 26.3. The Morgan fingerprint density at radius 3 is 2.19 bits per heavy atom. The Bertz CT molecular complexity index is 1280. The van der Waals surface area contributed by atoms with Crippen molar-refractivity contribution in [2.24, 2.45) is 0 Å².